The number of pyridine rings is 2. The number of aromatic nitrogens is 2. The molecule has 2 rings (SSSR count). The zero-order chi connectivity index (χ0) is 15.1. The normalized spacial score (nSPS) is 12.8. The maximum Gasteiger partial charge on any atom is 0.309 e. The fourth-order valence-corrected chi connectivity index (χ4v) is 2.01. The van der Waals surface area contributed by atoms with E-state index in [1.165, 1.54) is 0 Å². The Labute approximate surface area is 124 Å². The van der Waals surface area contributed by atoms with E-state index in [4.69, 9.17) is 0 Å². The van der Waals surface area contributed by atoms with Crippen molar-refractivity contribution in [2.75, 3.05) is 0 Å². The summed E-state index contributed by atoms with van der Waals surface area (Å²) in [7, 11) is 0. The predicted molar refractivity (Wildman–Crippen MR) is 80.6 cm³/mol. The van der Waals surface area contributed by atoms with Crippen LogP contribution in [-0.4, -0.2) is 16.6 Å². The van der Waals surface area contributed by atoms with E-state index in [0.29, 0.717) is 6.42 Å². The SMILES string of the molecule is CCC(C(=O)N/N=C(/C)c1cccnc1)[n+]1ccccc1. The minimum atomic E-state index is -0.267. The third kappa shape index (κ3) is 3.95. The van der Waals surface area contributed by atoms with Crippen LogP contribution < -0.4 is 9.99 Å². The first kappa shape index (κ1) is 14.8. The molecule has 0 saturated heterocycles. The fraction of sp³-hybridized carbons (Fsp3) is 0.250. The smallest absolute Gasteiger partial charge is 0.265 e. The summed E-state index contributed by atoms with van der Waals surface area (Å²) in [5.74, 6) is -0.128. The van der Waals surface area contributed by atoms with Crippen molar-refractivity contribution in [3.05, 3.63) is 60.7 Å². The first-order chi connectivity index (χ1) is 10.2. The van der Waals surface area contributed by atoms with Gasteiger partial charge >= 0.3 is 5.91 Å². The molecule has 1 N–H and O–H groups in total. The van der Waals surface area contributed by atoms with Gasteiger partial charge in [-0.2, -0.15) is 9.67 Å². The number of hydrogen-bond donors (Lipinski definition) is 1. The summed E-state index contributed by atoms with van der Waals surface area (Å²) in [4.78, 5) is 16.3. The van der Waals surface area contributed by atoms with Crippen molar-refractivity contribution in [1.29, 1.82) is 0 Å². The molecule has 0 spiro atoms. The Balaban J connectivity index is 2.07. The number of nitrogens with one attached hydrogen (secondary N) is 1. The van der Waals surface area contributed by atoms with Crippen LogP contribution in [0, 0.1) is 0 Å². The van der Waals surface area contributed by atoms with Crippen LogP contribution in [0.25, 0.3) is 0 Å². The molecule has 108 valence electrons. The van der Waals surface area contributed by atoms with Crippen molar-refractivity contribution in [1.82, 2.24) is 10.4 Å². The number of rotatable bonds is 5. The van der Waals surface area contributed by atoms with Crippen molar-refractivity contribution >= 4 is 11.6 Å². The van der Waals surface area contributed by atoms with E-state index in [1.807, 2.05) is 61.1 Å². The second-order valence-corrected chi connectivity index (χ2v) is 4.66. The molecule has 1 unspecified atom stereocenters. The molecule has 21 heavy (non-hydrogen) atoms. The zero-order valence-corrected chi connectivity index (χ0v) is 12.2. The molecule has 0 aromatic carbocycles. The minimum Gasteiger partial charge on any atom is -0.265 e. The van der Waals surface area contributed by atoms with Crippen molar-refractivity contribution in [3.63, 3.8) is 0 Å². The molecule has 2 aromatic rings. The summed E-state index contributed by atoms with van der Waals surface area (Å²) in [6.07, 6.45) is 7.88. The van der Waals surface area contributed by atoms with E-state index in [2.05, 4.69) is 15.5 Å². The Kier molecular flexibility index (Phi) is 5.15. The van der Waals surface area contributed by atoms with Crippen molar-refractivity contribution in [2.45, 2.75) is 26.3 Å². The lowest BCUT2D eigenvalue weighted by atomic mass is 10.2. The maximum atomic E-state index is 12.3. The quantitative estimate of drug-likeness (QED) is 0.517. The molecule has 5 heteroatoms. The van der Waals surface area contributed by atoms with Gasteiger partial charge in [-0.15, -0.1) is 0 Å². The van der Waals surface area contributed by atoms with Gasteiger partial charge in [-0.1, -0.05) is 19.1 Å². The predicted octanol–water partition coefficient (Wildman–Crippen LogP) is 1.86. The molecule has 0 bridgehead atoms. The van der Waals surface area contributed by atoms with Crippen LogP contribution in [0.15, 0.2) is 60.2 Å². The van der Waals surface area contributed by atoms with Gasteiger partial charge in [0.2, 0.25) is 6.04 Å². The van der Waals surface area contributed by atoms with E-state index in [0.717, 1.165) is 11.3 Å². The van der Waals surface area contributed by atoms with Crippen LogP contribution in [0.3, 0.4) is 0 Å². The van der Waals surface area contributed by atoms with Crippen molar-refractivity contribution < 1.29 is 9.36 Å². The van der Waals surface area contributed by atoms with Crippen LogP contribution in [0.5, 0.6) is 0 Å². The number of hydrogen-bond acceptors (Lipinski definition) is 3. The Morgan fingerprint density at radius 2 is 2.10 bits per heavy atom. The van der Waals surface area contributed by atoms with Gasteiger partial charge in [-0.3, -0.25) is 9.78 Å². The van der Waals surface area contributed by atoms with E-state index < -0.39 is 0 Å². The lowest BCUT2D eigenvalue weighted by molar-refractivity contribution is -0.709. The molecular formula is C16H19N4O+. The summed E-state index contributed by atoms with van der Waals surface area (Å²) in [5, 5.41) is 4.15. The first-order valence-electron chi connectivity index (χ1n) is 6.92. The molecule has 0 aliphatic heterocycles. The molecule has 2 aromatic heterocycles. The molecule has 0 saturated carbocycles. The van der Waals surface area contributed by atoms with E-state index in [-0.39, 0.29) is 11.9 Å². The second kappa shape index (κ2) is 7.28. The van der Waals surface area contributed by atoms with E-state index in [9.17, 15) is 4.79 Å². The van der Waals surface area contributed by atoms with Gasteiger partial charge in [-0.05, 0) is 13.0 Å². The third-order valence-electron chi connectivity index (χ3n) is 3.20. The highest BCUT2D eigenvalue weighted by molar-refractivity contribution is 5.99. The van der Waals surface area contributed by atoms with Gasteiger partial charge in [-0.25, -0.2) is 5.43 Å². The molecule has 0 aliphatic rings. The van der Waals surface area contributed by atoms with Crippen LogP contribution in [-0.2, 0) is 4.79 Å². The number of carbonyl (C=O) groups excluding carboxylic acids is 1. The topological polar surface area (TPSA) is 58.2 Å². The molecule has 0 radical (unpaired) electrons. The second-order valence-electron chi connectivity index (χ2n) is 4.66. The van der Waals surface area contributed by atoms with Gasteiger partial charge in [0.1, 0.15) is 0 Å². The third-order valence-corrected chi connectivity index (χ3v) is 3.20. The summed E-state index contributed by atoms with van der Waals surface area (Å²) in [6, 6.07) is 9.20. The van der Waals surface area contributed by atoms with Crippen molar-refractivity contribution in [2.24, 2.45) is 5.10 Å². The summed E-state index contributed by atoms with van der Waals surface area (Å²) >= 11 is 0. The average Bonchev–Trinajstić information content (AvgIpc) is 2.55. The molecule has 1 atom stereocenters. The number of hydrazone groups is 1. The molecule has 5 nitrogen and oxygen atoms in total. The Morgan fingerprint density at radius 3 is 2.71 bits per heavy atom. The lowest BCUT2D eigenvalue weighted by Gasteiger charge is -2.08. The van der Waals surface area contributed by atoms with Crippen molar-refractivity contribution in [3.8, 4) is 0 Å². The number of amides is 1. The van der Waals surface area contributed by atoms with Crippen LogP contribution >= 0.6 is 0 Å². The molecule has 0 fully saturated rings. The highest BCUT2D eigenvalue weighted by Crippen LogP contribution is 2.03. The van der Waals surface area contributed by atoms with Crippen LogP contribution in [0.2, 0.25) is 0 Å². The molecule has 2 heterocycles. The summed E-state index contributed by atoms with van der Waals surface area (Å²) in [6.45, 7) is 3.82. The van der Waals surface area contributed by atoms with Gasteiger partial charge < -0.3 is 0 Å². The van der Waals surface area contributed by atoms with E-state index in [1.54, 1.807) is 12.4 Å². The highest BCUT2D eigenvalue weighted by Gasteiger charge is 2.24. The summed E-state index contributed by atoms with van der Waals surface area (Å²) < 4.78 is 1.88. The first-order valence-corrected chi connectivity index (χ1v) is 6.92. The van der Waals surface area contributed by atoms with Crippen LogP contribution in [0.1, 0.15) is 31.9 Å². The maximum absolute atomic E-state index is 12.3. The summed E-state index contributed by atoms with van der Waals surface area (Å²) in [5.41, 5.74) is 4.24. The van der Waals surface area contributed by atoms with Gasteiger partial charge in [0.25, 0.3) is 0 Å². The number of nitrogens with zero attached hydrogens (tertiary/aromatic N) is 3. The zero-order valence-electron chi connectivity index (χ0n) is 12.2. The molecule has 0 aliphatic carbocycles. The fourth-order valence-electron chi connectivity index (χ4n) is 2.01. The number of carbonyl (C=O) groups is 1. The standard InChI is InChI=1S/C16H18N4O/c1-3-15(20-10-5-4-6-11-20)16(21)19-18-13(2)14-8-7-9-17-12-14/h4-12,15H,3H2,1-2H3/p+1/b18-13-. The average molecular weight is 283 g/mol. The molecular weight excluding hydrogens is 264 g/mol. The Bertz CT molecular complexity index is 611. The monoisotopic (exact) mass is 283 g/mol. The lowest BCUT2D eigenvalue weighted by Crippen LogP contribution is -2.46. The van der Waals surface area contributed by atoms with Gasteiger partial charge in [0.15, 0.2) is 12.4 Å². The largest absolute Gasteiger partial charge is 0.309 e. The molecule has 1 amide bonds. The van der Waals surface area contributed by atoms with Gasteiger partial charge in [0, 0.05) is 36.5 Å². The Morgan fingerprint density at radius 1 is 1.33 bits per heavy atom. The van der Waals surface area contributed by atoms with Crippen LogP contribution in [0.4, 0.5) is 0 Å². The van der Waals surface area contributed by atoms with Gasteiger partial charge in [0.05, 0.1) is 5.71 Å². The van der Waals surface area contributed by atoms with E-state index >= 15 is 0 Å². The highest BCUT2D eigenvalue weighted by atomic mass is 16.2. The minimum absolute atomic E-state index is 0.128. The Hall–Kier alpha value is -2.56.